The molecule has 0 bridgehead atoms. The lowest BCUT2D eigenvalue weighted by atomic mass is 9.83. The summed E-state index contributed by atoms with van der Waals surface area (Å²) < 4.78 is 0. The van der Waals surface area contributed by atoms with E-state index in [0.717, 1.165) is 17.6 Å². The van der Waals surface area contributed by atoms with Gasteiger partial charge in [0.05, 0.1) is 5.52 Å². The molecule has 1 aromatic heterocycles. The normalized spacial score (nSPS) is 28.4. The van der Waals surface area contributed by atoms with Crippen molar-refractivity contribution in [1.29, 1.82) is 0 Å². The van der Waals surface area contributed by atoms with E-state index >= 15 is 0 Å². The van der Waals surface area contributed by atoms with E-state index in [2.05, 4.69) is 57.4 Å². The smallest absolute Gasteiger partial charge is 0.269 e. The standard InChI is InChI=1S/C25H33N3O/c1-14-8-20(23(29)26-12-21-19-11-25(19,5)13-27-21)28-22-17(14)9-16(15-6-7-15)10-18(22)24(2,3)4/h8-10,15,19,21,27H,6-7,11-13H2,1-5H3,(H,26,29). The van der Waals surface area contributed by atoms with Crippen LogP contribution in [0.1, 0.15) is 80.1 Å². The Bertz CT molecular complexity index is 1000. The van der Waals surface area contributed by atoms with Crippen molar-refractivity contribution in [3.05, 3.63) is 40.6 Å². The Morgan fingerprint density at radius 2 is 2.03 bits per heavy atom. The Hall–Kier alpha value is -1.94. The van der Waals surface area contributed by atoms with Gasteiger partial charge < -0.3 is 10.6 Å². The molecular formula is C25H33N3O. The molecular weight excluding hydrogens is 358 g/mol. The number of pyridine rings is 1. The Balaban J connectivity index is 1.45. The van der Waals surface area contributed by atoms with Crippen LogP contribution in [-0.2, 0) is 5.41 Å². The number of rotatable bonds is 4. The average molecular weight is 392 g/mol. The number of amides is 1. The summed E-state index contributed by atoms with van der Waals surface area (Å²) in [5, 5.41) is 7.90. The second kappa shape index (κ2) is 6.28. The maximum atomic E-state index is 12.9. The summed E-state index contributed by atoms with van der Waals surface area (Å²) in [6.45, 7) is 12.9. The van der Waals surface area contributed by atoms with Crippen LogP contribution >= 0.6 is 0 Å². The summed E-state index contributed by atoms with van der Waals surface area (Å²) in [4.78, 5) is 17.8. The number of carbonyl (C=O) groups excluding carboxylic acids is 1. The van der Waals surface area contributed by atoms with Crippen molar-refractivity contribution in [1.82, 2.24) is 15.6 Å². The molecule has 3 unspecified atom stereocenters. The molecule has 1 aliphatic heterocycles. The Morgan fingerprint density at radius 1 is 1.28 bits per heavy atom. The van der Waals surface area contributed by atoms with Gasteiger partial charge in [-0.1, -0.05) is 33.8 Å². The number of benzene rings is 1. The maximum absolute atomic E-state index is 12.9. The molecule has 1 saturated heterocycles. The molecule has 4 nitrogen and oxygen atoms in total. The molecule has 2 heterocycles. The second-order valence-electron chi connectivity index (χ2n) is 11.0. The molecule has 1 amide bonds. The molecule has 0 radical (unpaired) electrons. The zero-order chi connectivity index (χ0) is 20.6. The summed E-state index contributed by atoms with van der Waals surface area (Å²) in [7, 11) is 0. The lowest BCUT2D eigenvalue weighted by Crippen LogP contribution is -2.39. The molecule has 3 fully saturated rings. The summed E-state index contributed by atoms with van der Waals surface area (Å²) >= 11 is 0. The van der Waals surface area contributed by atoms with Crippen molar-refractivity contribution in [3.63, 3.8) is 0 Å². The highest BCUT2D eigenvalue weighted by Gasteiger charge is 2.58. The van der Waals surface area contributed by atoms with Crippen molar-refractivity contribution >= 4 is 16.8 Å². The predicted molar refractivity (Wildman–Crippen MR) is 117 cm³/mol. The third kappa shape index (κ3) is 3.35. The number of fused-ring (bicyclic) bond motifs is 2. The topological polar surface area (TPSA) is 54.0 Å². The van der Waals surface area contributed by atoms with Gasteiger partial charge in [0.1, 0.15) is 5.69 Å². The van der Waals surface area contributed by atoms with Gasteiger partial charge in [-0.2, -0.15) is 0 Å². The Morgan fingerprint density at radius 3 is 2.62 bits per heavy atom. The minimum atomic E-state index is -0.0582. The molecule has 2 saturated carbocycles. The van der Waals surface area contributed by atoms with Crippen LogP contribution in [-0.4, -0.2) is 30.0 Å². The fraction of sp³-hybridized carbons (Fsp3) is 0.600. The quantitative estimate of drug-likeness (QED) is 0.810. The first kappa shape index (κ1) is 19.0. The lowest BCUT2D eigenvalue weighted by Gasteiger charge is -2.23. The van der Waals surface area contributed by atoms with Crippen LogP contribution < -0.4 is 10.6 Å². The van der Waals surface area contributed by atoms with Crippen molar-refractivity contribution in [2.75, 3.05) is 13.1 Å². The van der Waals surface area contributed by atoms with Gasteiger partial charge >= 0.3 is 0 Å². The number of hydrogen-bond donors (Lipinski definition) is 2. The van der Waals surface area contributed by atoms with E-state index in [1.165, 1.54) is 35.8 Å². The summed E-state index contributed by atoms with van der Waals surface area (Å²) in [6, 6.07) is 7.01. The average Bonchev–Trinajstić information content (AvgIpc) is 3.57. The highest BCUT2D eigenvalue weighted by molar-refractivity contribution is 5.97. The van der Waals surface area contributed by atoms with Crippen LogP contribution in [0.5, 0.6) is 0 Å². The number of carbonyl (C=O) groups is 1. The molecule has 154 valence electrons. The van der Waals surface area contributed by atoms with E-state index in [0.29, 0.717) is 35.5 Å². The van der Waals surface area contributed by atoms with Gasteiger partial charge in [-0.15, -0.1) is 0 Å². The number of nitrogens with zero attached hydrogens (tertiary/aromatic N) is 1. The van der Waals surface area contributed by atoms with Gasteiger partial charge in [-0.25, -0.2) is 4.98 Å². The highest BCUT2D eigenvalue weighted by Crippen LogP contribution is 2.57. The summed E-state index contributed by atoms with van der Waals surface area (Å²) in [5.74, 6) is 1.36. The SMILES string of the molecule is Cc1cc(C(=O)NCC2NCC3(C)CC23)nc2c(C(C)(C)C)cc(C3CC3)cc12. The van der Waals surface area contributed by atoms with Crippen LogP contribution in [0.3, 0.4) is 0 Å². The molecule has 0 spiro atoms. The summed E-state index contributed by atoms with van der Waals surface area (Å²) in [5.41, 5.74) is 5.81. The van der Waals surface area contributed by atoms with Crippen LogP contribution in [0.4, 0.5) is 0 Å². The highest BCUT2D eigenvalue weighted by atomic mass is 16.1. The van der Waals surface area contributed by atoms with Gasteiger partial charge in [0.25, 0.3) is 5.91 Å². The first-order chi connectivity index (χ1) is 13.7. The number of piperidine rings is 1. The van der Waals surface area contributed by atoms with Crippen molar-refractivity contribution in [2.45, 2.75) is 71.3 Å². The fourth-order valence-corrected chi connectivity index (χ4v) is 5.14. The molecule has 2 N–H and O–H groups in total. The zero-order valence-electron chi connectivity index (χ0n) is 18.4. The van der Waals surface area contributed by atoms with Crippen molar-refractivity contribution < 1.29 is 4.79 Å². The fourth-order valence-electron chi connectivity index (χ4n) is 5.14. The minimum absolute atomic E-state index is 0.0120. The largest absolute Gasteiger partial charge is 0.349 e. The second-order valence-corrected chi connectivity index (χ2v) is 11.0. The van der Waals surface area contributed by atoms with Gasteiger partial charge in [0.2, 0.25) is 0 Å². The number of nitrogens with one attached hydrogen (secondary N) is 2. The molecule has 3 atom stereocenters. The first-order valence-corrected chi connectivity index (χ1v) is 11.1. The predicted octanol–water partition coefficient (Wildman–Crippen LogP) is 4.45. The van der Waals surface area contributed by atoms with Crippen molar-refractivity contribution in [2.24, 2.45) is 11.3 Å². The number of aromatic nitrogens is 1. The Labute approximate surface area is 173 Å². The van der Waals surface area contributed by atoms with Crippen molar-refractivity contribution in [3.8, 4) is 0 Å². The van der Waals surface area contributed by atoms with Gasteiger partial charge in [0, 0.05) is 24.5 Å². The number of hydrogen-bond acceptors (Lipinski definition) is 3. The molecule has 2 aliphatic carbocycles. The third-order valence-corrected chi connectivity index (χ3v) is 7.39. The van der Waals surface area contributed by atoms with Crippen LogP contribution in [0.25, 0.3) is 10.9 Å². The monoisotopic (exact) mass is 391 g/mol. The molecule has 4 heteroatoms. The van der Waals surface area contributed by atoms with E-state index in [-0.39, 0.29) is 11.3 Å². The minimum Gasteiger partial charge on any atom is -0.349 e. The van der Waals surface area contributed by atoms with E-state index < -0.39 is 0 Å². The van der Waals surface area contributed by atoms with Gasteiger partial charge in [-0.3, -0.25) is 4.79 Å². The molecule has 2 aromatic rings. The number of aryl methyl sites for hydroxylation is 1. The first-order valence-electron chi connectivity index (χ1n) is 11.1. The van der Waals surface area contributed by atoms with Crippen LogP contribution in [0.15, 0.2) is 18.2 Å². The van der Waals surface area contributed by atoms with Crippen LogP contribution in [0, 0.1) is 18.3 Å². The van der Waals surface area contributed by atoms with E-state index in [9.17, 15) is 4.79 Å². The van der Waals surface area contributed by atoms with E-state index in [1.54, 1.807) is 0 Å². The maximum Gasteiger partial charge on any atom is 0.269 e. The third-order valence-electron chi connectivity index (χ3n) is 7.39. The zero-order valence-corrected chi connectivity index (χ0v) is 18.4. The van der Waals surface area contributed by atoms with Gasteiger partial charge in [-0.05, 0) is 77.7 Å². The van der Waals surface area contributed by atoms with Crippen LogP contribution in [0.2, 0.25) is 0 Å². The van der Waals surface area contributed by atoms with Gasteiger partial charge in [0.15, 0.2) is 0 Å². The molecule has 29 heavy (non-hydrogen) atoms. The molecule has 1 aromatic carbocycles. The van der Waals surface area contributed by atoms with E-state index in [1.807, 2.05) is 6.07 Å². The summed E-state index contributed by atoms with van der Waals surface area (Å²) in [6.07, 6.45) is 3.86. The lowest BCUT2D eigenvalue weighted by molar-refractivity contribution is 0.0944. The Kier molecular flexibility index (Phi) is 4.12. The van der Waals surface area contributed by atoms with E-state index in [4.69, 9.17) is 4.98 Å². The molecule has 5 rings (SSSR count). The molecule has 3 aliphatic rings.